The molecule has 0 atom stereocenters. The Morgan fingerprint density at radius 2 is 1.95 bits per heavy atom. The van der Waals surface area contributed by atoms with Gasteiger partial charge in [-0.2, -0.15) is 0 Å². The molecule has 0 bridgehead atoms. The molecule has 1 rings (SSSR count). The average Bonchev–Trinajstić information content (AvgIpc) is 2.34. The van der Waals surface area contributed by atoms with Gasteiger partial charge in [0.2, 0.25) is 0 Å². The van der Waals surface area contributed by atoms with Crippen LogP contribution in [0.3, 0.4) is 0 Å². The average molecular weight is 341 g/mol. The minimum atomic E-state index is -0.480. The molecule has 1 amide bonds. The number of hydrogen-bond donors (Lipinski definition) is 2. The van der Waals surface area contributed by atoms with Gasteiger partial charge in [0.25, 0.3) is 0 Å². The molecule has 5 nitrogen and oxygen atoms in total. The first kappa shape index (κ1) is 16.5. The summed E-state index contributed by atoms with van der Waals surface area (Å²) >= 11 is 2.85. The molecule has 1 aromatic carbocycles. The van der Waals surface area contributed by atoms with Crippen LogP contribution in [0.5, 0.6) is 0 Å². The summed E-state index contributed by atoms with van der Waals surface area (Å²) in [6, 6.07) is 9.74. The van der Waals surface area contributed by atoms with Crippen LogP contribution in [0.1, 0.15) is 20.8 Å². The third kappa shape index (κ3) is 7.81. The number of rotatable bonds is 4. The zero-order valence-corrected chi connectivity index (χ0v) is 13.7. The summed E-state index contributed by atoms with van der Waals surface area (Å²) in [4.78, 5) is 15.7. The van der Waals surface area contributed by atoms with E-state index in [0.29, 0.717) is 17.8 Å². The maximum atomic E-state index is 11.4. The molecule has 0 aliphatic rings. The number of hydrogen-bond acceptors (Lipinski definition) is 3. The second-order valence-electron chi connectivity index (χ2n) is 5.11. The third-order valence-corrected chi connectivity index (χ3v) is 2.55. The normalized spacial score (nSPS) is 11.8. The van der Waals surface area contributed by atoms with E-state index in [9.17, 15) is 4.79 Å². The summed E-state index contributed by atoms with van der Waals surface area (Å²) in [6.07, 6.45) is -0.426. The van der Waals surface area contributed by atoms with Gasteiger partial charge >= 0.3 is 127 Å². The Bertz CT molecular complexity index is 455. The first-order valence-corrected chi connectivity index (χ1v) is 7.23. The quantitative estimate of drug-likeness (QED) is 0.382. The molecule has 109 valence electrons. The molecule has 0 aliphatic heterocycles. The molecule has 1 aromatic rings. The molecule has 6 heteroatoms. The zero-order chi connectivity index (χ0) is 15.0. The van der Waals surface area contributed by atoms with Crippen LogP contribution < -0.4 is 10.6 Å². The van der Waals surface area contributed by atoms with Crippen LogP contribution in [0.25, 0.3) is 0 Å². The molecule has 0 aliphatic carbocycles. The fourth-order valence-electron chi connectivity index (χ4n) is 1.31. The molecule has 0 fully saturated rings. The van der Waals surface area contributed by atoms with E-state index in [1.54, 1.807) is 0 Å². The number of benzene rings is 1. The van der Waals surface area contributed by atoms with Crippen molar-refractivity contribution in [1.82, 2.24) is 5.32 Å². The van der Waals surface area contributed by atoms with Crippen molar-refractivity contribution in [2.24, 2.45) is 4.99 Å². The third-order valence-electron chi connectivity index (χ3n) is 2.06. The van der Waals surface area contributed by atoms with E-state index >= 15 is 0 Å². The number of aliphatic imine (C=N–C) groups is 1. The van der Waals surface area contributed by atoms with Crippen molar-refractivity contribution >= 4 is 32.5 Å². The number of carbonyl (C=O) groups excluding carboxylic acids is 1. The van der Waals surface area contributed by atoms with E-state index in [1.807, 2.05) is 51.1 Å². The van der Waals surface area contributed by atoms with Crippen LogP contribution in [-0.4, -0.2) is 45.5 Å². The Kier molecular flexibility index (Phi) is 6.55. The van der Waals surface area contributed by atoms with Gasteiger partial charge < -0.3 is 0 Å². The summed E-state index contributed by atoms with van der Waals surface area (Å²) in [5, 5.41) is 5.77. The van der Waals surface area contributed by atoms with Gasteiger partial charge in [-0.15, -0.1) is 0 Å². The van der Waals surface area contributed by atoms with E-state index in [-0.39, 0.29) is 0 Å². The molecule has 20 heavy (non-hydrogen) atoms. The van der Waals surface area contributed by atoms with Crippen molar-refractivity contribution in [3.63, 3.8) is 0 Å². The Morgan fingerprint density at radius 1 is 1.30 bits per heavy atom. The van der Waals surface area contributed by atoms with E-state index < -0.39 is 11.7 Å². The van der Waals surface area contributed by atoms with Crippen LogP contribution in [-0.2, 0) is 4.74 Å². The molecule has 0 unspecified atom stereocenters. The molecule has 0 spiro atoms. The van der Waals surface area contributed by atoms with E-state index in [2.05, 4.69) is 31.6 Å². The summed E-state index contributed by atoms with van der Waals surface area (Å²) in [6.45, 7) is 6.38. The summed E-state index contributed by atoms with van der Waals surface area (Å²) in [5.74, 6) is 0. The fraction of sp³-hybridized carbons (Fsp3) is 0.429. The number of carbonyl (C=O) groups is 1. The molecular formula is C14H20N3O2Se. The molecule has 0 saturated carbocycles. The van der Waals surface area contributed by atoms with Crippen LogP contribution in [0.2, 0.25) is 0 Å². The summed E-state index contributed by atoms with van der Waals surface area (Å²) in [7, 11) is 0. The second-order valence-corrected chi connectivity index (χ2v) is 5.92. The van der Waals surface area contributed by atoms with Crippen LogP contribution in [0.15, 0.2) is 35.3 Å². The number of nitrogens with one attached hydrogen (secondary N) is 2. The van der Waals surface area contributed by atoms with Gasteiger partial charge in [-0.1, -0.05) is 0 Å². The maximum absolute atomic E-state index is 11.4. The van der Waals surface area contributed by atoms with E-state index in [1.165, 1.54) is 0 Å². The van der Waals surface area contributed by atoms with Crippen LogP contribution >= 0.6 is 0 Å². The predicted octanol–water partition coefficient (Wildman–Crippen LogP) is 2.15. The van der Waals surface area contributed by atoms with Crippen molar-refractivity contribution in [1.29, 1.82) is 0 Å². The SMILES string of the molecule is CC(C)(C)OC(=O)NCCN=C([Se])Nc1ccccc1. The molecule has 2 N–H and O–H groups in total. The first-order chi connectivity index (χ1) is 9.37. The standard InChI is InChI=1S/C14H20N3O2Se/c1-14(2,3)19-13(18)16-10-9-15-12(20)17-11-7-5-4-6-8-11/h4-8H,9-10H2,1-3H3,(H,15,17)(H,16,18). The Morgan fingerprint density at radius 3 is 2.55 bits per heavy atom. The van der Waals surface area contributed by atoms with Crippen LogP contribution in [0, 0.1) is 0 Å². The van der Waals surface area contributed by atoms with Crippen molar-refractivity contribution in [3.8, 4) is 0 Å². The number of anilines is 1. The van der Waals surface area contributed by atoms with Crippen molar-refractivity contribution in [3.05, 3.63) is 30.3 Å². The van der Waals surface area contributed by atoms with Gasteiger partial charge in [0.15, 0.2) is 0 Å². The second kappa shape index (κ2) is 7.92. The van der Waals surface area contributed by atoms with Crippen molar-refractivity contribution in [2.45, 2.75) is 26.4 Å². The Hall–Kier alpha value is -1.52. The Labute approximate surface area is 128 Å². The first-order valence-electron chi connectivity index (χ1n) is 6.37. The molecular weight excluding hydrogens is 321 g/mol. The minimum absolute atomic E-state index is 0.426. The number of ether oxygens (including phenoxy) is 1. The topological polar surface area (TPSA) is 62.7 Å². The van der Waals surface area contributed by atoms with E-state index in [4.69, 9.17) is 4.74 Å². The van der Waals surface area contributed by atoms with Gasteiger partial charge in [-0.3, -0.25) is 0 Å². The number of para-hydroxylation sites is 1. The molecule has 0 saturated heterocycles. The predicted molar refractivity (Wildman–Crippen MR) is 82.4 cm³/mol. The molecule has 0 heterocycles. The molecule has 1 radical (unpaired) electrons. The van der Waals surface area contributed by atoms with Gasteiger partial charge in [0, 0.05) is 0 Å². The fourth-order valence-corrected chi connectivity index (χ4v) is 1.75. The monoisotopic (exact) mass is 342 g/mol. The van der Waals surface area contributed by atoms with Gasteiger partial charge in [-0.05, 0) is 0 Å². The van der Waals surface area contributed by atoms with Gasteiger partial charge in [0.05, 0.1) is 0 Å². The van der Waals surface area contributed by atoms with Gasteiger partial charge in [-0.25, -0.2) is 0 Å². The number of amides is 1. The summed E-state index contributed by atoms with van der Waals surface area (Å²) < 4.78 is 5.80. The van der Waals surface area contributed by atoms with Crippen molar-refractivity contribution < 1.29 is 9.53 Å². The Balaban J connectivity index is 2.26. The summed E-state index contributed by atoms with van der Waals surface area (Å²) in [5.41, 5.74) is 0.483. The number of amidine groups is 1. The number of alkyl carbamates (subject to hydrolysis) is 1. The molecule has 0 aromatic heterocycles. The van der Waals surface area contributed by atoms with Crippen molar-refractivity contribution in [2.75, 3.05) is 18.4 Å². The zero-order valence-electron chi connectivity index (χ0n) is 12.0. The number of nitrogens with zero attached hydrogens (tertiary/aromatic N) is 1. The van der Waals surface area contributed by atoms with Gasteiger partial charge in [0.1, 0.15) is 0 Å². The van der Waals surface area contributed by atoms with Crippen LogP contribution in [0.4, 0.5) is 10.5 Å². The van der Waals surface area contributed by atoms with E-state index in [0.717, 1.165) is 5.69 Å².